The number of methoxy groups -OCH3 is 4. The van der Waals surface area contributed by atoms with E-state index in [9.17, 15) is 0 Å². The number of ether oxygens (including phenoxy) is 6. The lowest BCUT2D eigenvalue weighted by molar-refractivity contribution is 0.100. The molecule has 10 heteroatoms. The van der Waals surface area contributed by atoms with Crippen LogP contribution in [0.3, 0.4) is 0 Å². The van der Waals surface area contributed by atoms with Crippen molar-refractivity contribution in [3.05, 3.63) is 36.4 Å². The molecule has 2 aliphatic rings. The van der Waals surface area contributed by atoms with Crippen molar-refractivity contribution in [3.8, 4) is 34.5 Å². The summed E-state index contributed by atoms with van der Waals surface area (Å²) in [5, 5.41) is 0. The Kier molecular flexibility index (Phi) is 12.4. The van der Waals surface area contributed by atoms with E-state index in [1.165, 1.54) is 0 Å². The van der Waals surface area contributed by atoms with Crippen LogP contribution in [0, 0.1) is 0 Å². The van der Waals surface area contributed by atoms with Gasteiger partial charge in [-0.25, -0.2) is 0 Å². The molecule has 2 fully saturated rings. The molecule has 192 valence electrons. The van der Waals surface area contributed by atoms with Gasteiger partial charge in [0.15, 0.2) is 23.0 Å². The first-order chi connectivity index (χ1) is 15.4. The van der Waals surface area contributed by atoms with Gasteiger partial charge in [0.05, 0.1) is 28.4 Å². The smallest absolute Gasteiger partial charge is 0.164 e. The lowest BCUT2D eigenvalue weighted by atomic mass is 9.90. The van der Waals surface area contributed by atoms with Crippen molar-refractivity contribution in [3.63, 3.8) is 0 Å². The van der Waals surface area contributed by atoms with Gasteiger partial charge in [-0.05, 0) is 49.9 Å². The second kappa shape index (κ2) is 14.2. The molecule has 0 aromatic heterocycles. The summed E-state index contributed by atoms with van der Waals surface area (Å²) in [4.78, 5) is 0. The zero-order valence-electron chi connectivity index (χ0n) is 20.0. The molecule has 0 atom stereocenters. The molecule has 2 aliphatic carbocycles. The van der Waals surface area contributed by atoms with Crippen molar-refractivity contribution < 1.29 is 28.4 Å². The molecule has 4 rings (SSSR count). The minimum absolute atomic E-state index is 0. The van der Waals surface area contributed by atoms with E-state index in [1.807, 2.05) is 36.4 Å². The number of benzene rings is 2. The summed E-state index contributed by atoms with van der Waals surface area (Å²) >= 11 is 0. The summed E-state index contributed by atoms with van der Waals surface area (Å²) in [7, 11) is 6.45. The van der Waals surface area contributed by atoms with Crippen LogP contribution in [0.5, 0.6) is 34.5 Å². The molecule has 0 spiro atoms. The maximum Gasteiger partial charge on any atom is 0.164 e. The van der Waals surface area contributed by atoms with E-state index >= 15 is 0 Å². The van der Waals surface area contributed by atoms with Gasteiger partial charge in [0, 0.05) is 24.2 Å². The van der Waals surface area contributed by atoms with Gasteiger partial charge < -0.3 is 39.9 Å². The van der Waals surface area contributed by atoms with Gasteiger partial charge in [-0.15, -0.1) is 24.8 Å². The first-order valence-electron chi connectivity index (χ1n) is 10.7. The lowest BCUT2D eigenvalue weighted by Gasteiger charge is -2.32. The molecular formula is C24H36Cl2N2O6. The minimum Gasteiger partial charge on any atom is -0.493 e. The fourth-order valence-corrected chi connectivity index (χ4v) is 3.57. The SMILES string of the molecule is COc1ccc(OC2CC(N)C2)cc1OC.COc1ccc(OC2CC(N)C2)cc1OC.Cl.Cl. The Balaban J connectivity index is 0.000000321. The Morgan fingerprint density at radius 3 is 1.15 bits per heavy atom. The van der Waals surface area contributed by atoms with E-state index in [2.05, 4.69) is 0 Å². The third-order valence-corrected chi connectivity index (χ3v) is 5.58. The number of nitrogens with two attached hydrogens (primary N) is 2. The second-order valence-corrected chi connectivity index (χ2v) is 7.98. The molecule has 2 saturated carbocycles. The van der Waals surface area contributed by atoms with Gasteiger partial charge in [-0.1, -0.05) is 0 Å². The monoisotopic (exact) mass is 518 g/mol. The van der Waals surface area contributed by atoms with E-state index in [0.29, 0.717) is 35.1 Å². The zero-order valence-corrected chi connectivity index (χ0v) is 21.7. The highest BCUT2D eigenvalue weighted by molar-refractivity contribution is 5.85. The normalized spacial score (nSPS) is 22.1. The minimum atomic E-state index is 0. The Labute approximate surface area is 214 Å². The van der Waals surface area contributed by atoms with E-state index in [4.69, 9.17) is 39.9 Å². The van der Waals surface area contributed by atoms with Gasteiger partial charge in [0.2, 0.25) is 0 Å². The molecule has 0 radical (unpaired) electrons. The predicted octanol–water partition coefficient (Wildman–Crippen LogP) is 3.99. The maximum absolute atomic E-state index is 5.75. The van der Waals surface area contributed by atoms with Crippen LogP contribution >= 0.6 is 24.8 Å². The van der Waals surface area contributed by atoms with Gasteiger partial charge in [0.25, 0.3) is 0 Å². The van der Waals surface area contributed by atoms with Crippen LogP contribution in [0.1, 0.15) is 25.7 Å². The summed E-state index contributed by atoms with van der Waals surface area (Å²) in [5.41, 5.74) is 11.4. The van der Waals surface area contributed by atoms with Crippen LogP contribution in [-0.4, -0.2) is 52.7 Å². The van der Waals surface area contributed by atoms with E-state index < -0.39 is 0 Å². The fourth-order valence-electron chi connectivity index (χ4n) is 3.57. The summed E-state index contributed by atoms with van der Waals surface area (Å²) in [6, 6.07) is 11.7. The fraction of sp³-hybridized carbons (Fsp3) is 0.500. The molecule has 4 N–H and O–H groups in total. The van der Waals surface area contributed by atoms with E-state index in [0.717, 1.165) is 37.2 Å². The summed E-state index contributed by atoms with van der Waals surface area (Å²) in [6.07, 6.45) is 4.19. The van der Waals surface area contributed by atoms with Crippen LogP contribution in [0.2, 0.25) is 0 Å². The molecular weight excluding hydrogens is 483 g/mol. The first kappa shape index (κ1) is 29.8. The van der Waals surface area contributed by atoms with Crippen LogP contribution in [0.15, 0.2) is 36.4 Å². The Bertz CT molecular complexity index is 805. The molecule has 0 amide bonds. The van der Waals surface area contributed by atoms with Crippen LogP contribution < -0.4 is 39.9 Å². The second-order valence-electron chi connectivity index (χ2n) is 7.98. The van der Waals surface area contributed by atoms with E-state index in [1.54, 1.807) is 28.4 Å². The summed E-state index contributed by atoms with van der Waals surface area (Å²) in [6.45, 7) is 0. The first-order valence-corrected chi connectivity index (χ1v) is 10.7. The molecule has 8 nitrogen and oxygen atoms in total. The molecule has 0 aliphatic heterocycles. The van der Waals surface area contributed by atoms with Crippen LogP contribution in [0.25, 0.3) is 0 Å². The van der Waals surface area contributed by atoms with Crippen molar-refractivity contribution in [1.29, 1.82) is 0 Å². The molecule has 0 bridgehead atoms. The molecule has 0 unspecified atom stereocenters. The predicted molar refractivity (Wildman–Crippen MR) is 137 cm³/mol. The quantitative estimate of drug-likeness (QED) is 0.539. The van der Waals surface area contributed by atoms with Gasteiger partial charge in [-0.2, -0.15) is 0 Å². The van der Waals surface area contributed by atoms with Gasteiger partial charge in [0.1, 0.15) is 23.7 Å². The largest absolute Gasteiger partial charge is 0.493 e. The summed E-state index contributed by atoms with van der Waals surface area (Å²) < 4.78 is 32.2. The third kappa shape index (κ3) is 7.91. The highest BCUT2D eigenvalue weighted by atomic mass is 35.5. The van der Waals surface area contributed by atoms with Crippen molar-refractivity contribution in [2.45, 2.75) is 50.0 Å². The average Bonchev–Trinajstić information content (AvgIpc) is 2.77. The van der Waals surface area contributed by atoms with Crippen molar-refractivity contribution >= 4 is 24.8 Å². The zero-order chi connectivity index (χ0) is 23.1. The average molecular weight is 519 g/mol. The molecule has 0 saturated heterocycles. The van der Waals surface area contributed by atoms with Crippen molar-refractivity contribution in [2.75, 3.05) is 28.4 Å². The van der Waals surface area contributed by atoms with E-state index in [-0.39, 0.29) is 37.0 Å². The maximum atomic E-state index is 5.75. The Morgan fingerprint density at radius 1 is 0.559 bits per heavy atom. The number of hydrogen-bond acceptors (Lipinski definition) is 8. The Morgan fingerprint density at radius 2 is 0.882 bits per heavy atom. The summed E-state index contributed by atoms with van der Waals surface area (Å²) in [5.74, 6) is 4.39. The van der Waals surface area contributed by atoms with Crippen molar-refractivity contribution in [2.24, 2.45) is 11.5 Å². The highest BCUT2D eigenvalue weighted by Gasteiger charge is 2.28. The van der Waals surface area contributed by atoms with Gasteiger partial charge >= 0.3 is 0 Å². The molecule has 2 aromatic rings. The standard InChI is InChI=1S/2C12H17NO3.2ClH/c2*1-14-11-4-3-9(7-12(11)15-2)16-10-5-8(13)6-10;;/h2*3-4,7-8,10H,5-6,13H2,1-2H3;2*1H. The van der Waals surface area contributed by atoms with Crippen LogP contribution in [0.4, 0.5) is 0 Å². The Hall–Kier alpha value is -2.26. The topological polar surface area (TPSA) is 107 Å². The van der Waals surface area contributed by atoms with Crippen molar-refractivity contribution in [1.82, 2.24) is 0 Å². The number of rotatable bonds is 8. The lowest BCUT2D eigenvalue weighted by Crippen LogP contribution is -2.43. The number of halogens is 2. The van der Waals surface area contributed by atoms with Gasteiger partial charge in [-0.3, -0.25) is 0 Å². The third-order valence-electron chi connectivity index (χ3n) is 5.58. The molecule has 34 heavy (non-hydrogen) atoms. The van der Waals surface area contributed by atoms with Crippen LogP contribution in [-0.2, 0) is 0 Å². The highest BCUT2D eigenvalue weighted by Crippen LogP contribution is 2.34. The molecule has 2 aromatic carbocycles. The number of hydrogen-bond donors (Lipinski definition) is 2. The molecule has 0 heterocycles.